The average molecular weight is 477 g/mol. The number of anilines is 1. The van der Waals surface area contributed by atoms with Gasteiger partial charge in [0.2, 0.25) is 11.7 Å². The number of fused-ring (bicyclic) bond motifs is 2. The summed E-state index contributed by atoms with van der Waals surface area (Å²) in [6.07, 6.45) is -0.510. The highest BCUT2D eigenvalue weighted by Crippen LogP contribution is 2.36. The third-order valence-corrected chi connectivity index (χ3v) is 6.17. The molecule has 7 nitrogen and oxygen atoms in total. The number of alkyl carbamates (subject to hydrolysis) is 1. The second-order valence-corrected chi connectivity index (χ2v) is 9.81. The first-order valence-corrected chi connectivity index (χ1v) is 11.7. The van der Waals surface area contributed by atoms with Crippen LogP contribution < -0.4 is 10.6 Å². The molecule has 1 aromatic heterocycles. The largest absolute Gasteiger partial charge is 0.444 e. The Hall–Kier alpha value is -3.78. The molecule has 8 heteroatoms. The minimum atomic E-state index is -0.963. The lowest BCUT2D eigenvalue weighted by atomic mass is 9.88. The molecular formula is C26H24N2O5S. The maximum atomic E-state index is 13.3. The zero-order chi connectivity index (χ0) is 24.5. The zero-order valence-corrected chi connectivity index (χ0v) is 19.8. The third-order valence-electron chi connectivity index (χ3n) is 5.19. The fraction of sp³-hybridized carbons (Fsp3) is 0.231. The predicted molar refractivity (Wildman–Crippen MR) is 130 cm³/mol. The van der Waals surface area contributed by atoms with Crippen LogP contribution in [0, 0.1) is 0 Å². The molecule has 0 aliphatic heterocycles. The minimum absolute atomic E-state index is 0.178. The van der Waals surface area contributed by atoms with Crippen LogP contribution in [-0.4, -0.2) is 35.2 Å². The van der Waals surface area contributed by atoms with Crippen LogP contribution in [0.1, 0.15) is 57.5 Å². The maximum Gasteiger partial charge on any atom is 0.408 e. The lowest BCUT2D eigenvalue weighted by Crippen LogP contribution is -2.47. The van der Waals surface area contributed by atoms with E-state index in [2.05, 4.69) is 10.6 Å². The van der Waals surface area contributed by atoms with E-state index in [1.165, 1.54) is 0 Å². The van der Waals surface area contributed by atoms with Gasteiger partial charge in [0.1, 0.15) is 11.6 Å². The molecular weight excluding hydrogens is 452 g/mol. The number of carbonyl (C=O) groups is 4. The zero-order valence-electron chi connectivity index (χ0n) is 19.0. The van der Waals surface area contributed by atoms with Crippen LogP contribution in [0.4, 0.5) is 10.5 Å². The number of hydrogen-bond donors (Lipinski definition) is 2. The Morgan fingerprint density at radius 2 is 1.56 bits per heavy atom. The number of nitrogens with one attached hydrogen (secondary N) is 2. The molecule has 1 atom stereocenters. The molecule has 3 aromatic rings. The lowest BCUT2D eigenvalue weighted by molar-refractivity contribution is -0.118. The molecule has 0 radical (unpaired) electrons. The van der Waals surface area contributed by atoms with Gasteiger partial charge in [0.25, 0.3) is 0 Å². The van der Waals surface area contributed by atoms with E-state index in [0.717, 1.165) is 16.9 Å². The summed E-state index contributed by atoms with van der Waals surface area (Å²) < 4.78 is 5.33. The van der Waals surface area contributed by atoms with Crippen molar-refractivity contribution in [1.82, 2.24) is 5.32 Å². The number of ketones is 2. The molecule has 2 amide bonds. The minimum Gasteiger partial charge on any atom is -0.444 e. The molecule has 4 rings (SSSR count). The Morgan fingerprint density at radius 3 is 2.21 bits per heavy atom. The molecule has 2 aromatic carbocycles. The molecule has 1 heterocycles. The Morgan fingerprint density at radius 1 is 0.941 bits per heavy atom. The summed E-state index contributed by atoms with van der Waals surface area (Å²) in [6, 6.07) is 14.9. The summed E-state index contributed by atoms with van der Waals surface area (Å²) >= 11 is 1.11. The van der Waals surface area contributed by atoms with E-state index in [9.17, 15) is 19.2 Å². The molecule has 0 saturated carbocycles. The highest BCUT2D eigenvalue weighted by molar-refractivity contribution is 7.13. The molecule has 0 fully saturated rings. The summed E-state index contributed by atoms with van der Waals surface area (Å²) in [5, 5.41) is 6.96. The normalized spacial score (nSPS) is 13.5. The standard InChI is InChI=1S/C26H24N2O5S/c1-26(2,3)33-25(32)28-18(13-15-9-5-4-6-10-15)24(31)27-19-14-34-23-20(19)21(29)16-11-7-8-12-17(16)22(23)30/h4-12,14,18H,13H2,1-3H3,(H,27,31)(H,28,32)/t18-/m0/s1. The maximum absolute atomic E-state index is 13.3. The number of ether oxygens (including phenoxy) is 1. The van der Waals surface area contributed by atoms with Gasteiger partial charge in [0, 0.05) is 22.9 Å². The van der Waals surface area contributed by atoms with Crippen molar-refractivity contribution >= 4 is 40.6 Å². The highest BCUT2D eigenvalue weighted by atomic mass is 32.1. The number of carbonyl (C=O) groups excluding carboxylic acids is 4. The van der Waals surface area contributed by atoms with Gasteiger partial charge in [-0.1, -0.05) is 54.6 Å². The predicted octanol–water partition coefficient (Wildman–Crippen LogP) is 4.60. The number of thiophene rings is 1. The first-order chi connectivity index (χ1) is 16.1. The van der Waals surface area contributed by atoms with Crippen molar-refractivity contribution < 1.29 is 23.9 Å². The van der Waals surface area contributed by atoms with Crippen molar-refractivity contribution in [3.05, 3.63) is 87.1 Å². The summed E-state index contributed by atoms with van der Waals surface area (Å²) in [7, 11) is 0. The molecule has 0 spiro atoms. The van der Waals surface area contributed by atoms with E-state index in [-0.39, 0.29) is 29.2 Å². The van der Waals surface area contributed by atoms with E-state index in [1.54, 1.807) is 50.4 Å². The number of amides is 2. The van der Waals surface area contributed by atoms with Crippen molar-refractivity contribution in [2.24, 2.45) is 0 Å². The highest BCUT2D eigenvalue weighted by Gasteiger charge is 2.34. The van der Waals surface area contributed by atoms with Gasteiger partial charge >= 0.3 is 6.09 Å². The fourth-order valence-corrected chi connectivity index (χ4v) is 4.66. The topological polar surface area (TPSA) is 102 Å². The summed E-state index contributed by atoms with van der Waals surface area (Å²) in [5.74, 6) is -1.08. The Labute approximate surface area is 201 Å². The second kappa shape index (κ2) is 9.23. The van der Waals surface area contributed by atoms with Gasteiger partial charge in [0.15, 0.2) is 5.78 Å². The van der Waals surface area contributed by atoms with Crippen LogP contribution in [0.3, 0.4) is 0 Å². The molecule has 0 bridgehead atoms. The van der Waals surface area contributed by atoms with Crippen molar-refractivity contribution in [2.45, 2.75) is 38.8 Å². The fourth-order valence-electron chi connectivity index (χ4n) is 3.71. The van der Waals surface area contributed by atoms with E-state index in [4.69, 9.17) is 4.74 Å². The van der Waals surface area contributed by atoms with Gasteiger partial charge in [-0.15, -0.1) is 11.3 Å². The summed E-state index contributed by atoms with van der Waals surface area (Å²) in [5.41, 5.74) is 1.20. The van der Waals surface area contributed by atoms with Gasteiger partial charge in [-0.05, 0) is 26.3 Å². The van der Waals surface area contributed by atoms with Gasteiger partial charge in [-0.25, -0.2) is 4.79 Å². The Balaban J connectivity index is 1.59. The molecule has 0 unspecified atom stereocenters. The van der Waals surface area contributed by atoms with E-state index < -0.39 is 23.6 Å². The van der Waals surface area contributed by atoms with Crippen molar-refractivity contribution in [3.63, 3.8) is 0 Å². The van der Waals surface area contributed by atoms with Crippen molar-refractivity contribution in [3.8, 4) is 0 Å². The smallest absolute Gasteiger partial charge is 0.408 e. The second-order valence-electron chi connectivity index (χ2n) is 8.94. The van der Waals surface area contributed by atoms with Crippen LogP contribution in [-0.2, 0) is 16.0 Å². The van der Waals surface area contributed by atoms with Crippen LogP contribution >= 0.6 is 11.3 Å². The average Bonchev–Trinajstić information content (AvgIpc) is 3.20. The molecule has 1 aliphatic rings. The van der Waals surface area contributed by atoms with Gasteiger partial charge in [-0.3, -0.25) is 14.4 Å². The van der Waals surface area contributed by atoms with E-state index >= 15 is 0 Å². The first kappa shape index (κ1) is 23.4. The third kappa shape index (κ3) is 4.92. The van der Waals surface area contributed by atoms with Gasteiger partial charge < -0.3 is 15.4 Å². The van der Waals surface area contributed by atoms with Crippen LogP contribution in [0.5, 0.6) is 0 Å². The van der Waals surface area contributed by atoms with Crippen LogP contribution in [0.2, 0.25) is 0 Å². The number of rotatable bonds is 5. The van der Waals surface area contributed by atoms with Crippen molar-refractivity contribution in [2.75, 3.05) is 5.32 Å². The first-order valence-electron chi connectivity index (χ1n) is 10.8. The molecule has 34 heavy (non-hydrogen) atoms. The molecule has 1 aliphatic carbocycles. The van der Waals surface area contributed by atoms with Gasteiger partial charge in [0.05, 0.1) is 16.1 Å². The summed E-state index contributed by atoms with van der Waals surface area (Å²) in [6.45, 7) is 5.20. The Kier molecular flexibility index (Phi) is 6.34. The number of benzene rings is 2. The summed E-state index contributed by atoms with van der Waals surface area (Å²) in [4.78, 5) is 52.0. The Bertz CT molecular complexity index is 1270. The monoisotopic (exact) mass is 476 g/mol. The van der Waals surface area contributed by atoms with Crippen molar-refractivity contribution in [1.29, 1.82) is 0 Å². The van der Waals surface area contributed by atoms with Gasteiger partial charge in [-0.2, -0.15) is 0 Å². The quantitative estimate of drug-likeness (QED) is 0.438. The van der Waals surface area contributed by atoms with Crippen LogP contribution in [0.15, 0.2) is 60.0 Å². The van der Waals surface area contributed by atoms with E-state index in [0.29, 0.717) is 16.0 Å². The molecule has 2 N–H and O–H groups in total. The molecule has 0 saturated heterocycles. The van der Waals surface area contributed by atoms with E-state index in [1.807, 2.05) is 30.3 Å². The van der Waals surface area contributed by atoms with Crippen LogP contribution in [0.25, 0.3) is 0 Å². The number of hydrogen-bond acceptors (Lipinski definition) is 6. The molecule has 174 valence electrons. The SMILES string of the molecule is CC(C)(C)OC(=O)N[C@@H](Cc1ccccc1)C(=O)Nc1csc2c1C(=O)c1ccccc1C2=O. The lowest BCUT2D eigenvalue weighted by Gasteiger charge is -2.23.